The molecule has 0 radical (unpaired) electrons. The average Bonchev–Trinajstić information content (AvgIpc) is 2.72. The second-order valence-electron chi connectivity index (χ2n) is 7.84. The van der Waals surface area contributed by atoms with Crippen LogP contribution in [0.3, 0.4) is 0 Å². The Morgan fingerprint density at radius 1 is 0.941 bits per heavy atom. The zero-order chi connectivity index (χ0) is 25.8. The molecule has 0 spiro atoms. The molecular weight excluding hydrogens is 512 g/mol. The molecule has 0 fully saturated rings. The van der Waals surface area contributed by atoms with E-state index in [4.69, 9.17) is 0 Å². The Balaban J connectivity index is 2.98. The Bertz CT molecular complexity index is 1190. The fourth-order valence-electron chi connectivity index (χ4n) is 3.81. The summed E-state index contributed by atoms with van der Waals surface area (Å²) in [5, 5.41) is -1.38. The highest BCUT2D eigenvalue weighted by Crippen LogP contribution is 2.40. The minimum absolute atomic E-state index is 0.116. The molecule has 194 valence electrons. The van der Waals surface area contributed by atoms with Gasteiger partial charge in [0.2, 0.25) is 10.5 Å². The van der Waals surface area contributed by atoms with Gasteiger partial charge in [0.25, 0.3) is 5.17 Å². The van der Waals surface area contributed by atoms with Crippen LogP contribution in [-0.4, -0.2) is 71.0 Å². The van der Waals surface area contributed by atoms with Crippen molar-refractivity contribution in [3.63, 3.8) is 0 Å². The van der Waals surface area contributed by atoms with Gasteiger partial charge in [0, 0.05) is 19.2 Å². The lowest BCUT2D eigenvalue weighted by molar-refractivity contribution is 0.111. The molecule has 3 N–H and O–H groups in total. The zero-order valence-electron chi connectivity index (χ0n) is 18.8. The third-order valence-corrected chi connectivity index (χ3v) is 8.43. The van der Waals surface area contributed by atoms with E-state index < -0.39 is 52.4 Å². The number of nitrogens with zero attached hydrogens (tertiary/aromatic N) is 4. The molecule has 2 unspecified atom stereocenters. The Labute approximate surface area is 200 Å². The Kier molecular flexibility index (Phi) is 9.17. The molecule has 1 aliphatic heterocycles. The Morgan fingerprint density at radius 2 is 1.56 bits per heavy atom. The van der Waals surface area contributed by atoms with Crippen molar-refractivity contribution in [3.8, 4) is 0 Å². The van der Waals surface area contributed by atoms with Gasteiger partial charge >= 0.3 is 30.4 Å². The Hall–Kier alpha value is -1.69. The smallest absolute Gasteiger partial charge is 0.283 e. The van der Waals surface area contributed by atoms with Gasteiger partial charge in [-0.1, -0.05) is 45.6 Å². The van der Waals surface area contributed by atoms with E-state index in [1.165, 1.54) is 24.4 Å². The predicted molar refractivity (Wildman–Crippen MR) is 126 cm³/mol. The molecule has 2 atom stereocenters. The second kappa shape index (κ2) is 10.9. The van der Waals surface area contributed by atoms with Gasteiger partial charge in [0.15, 0.2) is 0 Å². The maximum atomic E-state index is 12.8. The number of hydrogen-bond acceptors (Lipinski definition) is 10. The van der Waals surface area contributed by atoms with Crippen LogP contribution < -0.4 is 4.90 Å². The Morgan fingerprint density at radius 3 is 2.03 bits per heavy atom. The molecule has 0 saturated carbocycles. The van der Waals surface area contributed by atoms with Crippen molar-refractivity contribution in [2.45, 2.75) is 69.3 Å². The van der Waals surface area contributed by atoms with Crippen LogP contribution in [0, 0.1) is 0 Å². The monoisotopic (exact) mass is 542 g/mol. The highest BCUT2D eigenvalue weighted by Gasteiger charge is 2.60. The van der Waals surface area contributed by atoms with E-state index in [-0.39, 0.29) is 25.2 Å². The molecular formula is C18H30N4O9S3. The number of unbranched alkanes of at least 4 members (excludes halogenated alkanes) is 4. The van der Waals surface area contributed by atoms with Crippen LogP contribution in [-0.2, 0) is 30.4 Å². The van der Waals surface area contributed by atoms with Gasteiger partial charge in [0.1, 0.15) is 5.82 Å². The van der Waals surface area contributed by atoms with Crippen molar-refractivity contribution >= 4 is 41.3 Å². The first kappa shape index (κ1) is 28.5. The molecule has 2 rings (SSSR count). The number of pyridine rings is 1. The van der Waals surface area contributed by atoms with E-state index >= 15 is 0 Å². The first-order valence-corrected chi connectivity index (χ1v) is 15.1. The highest BCUT2D eigenvalue weighted by molar-refractivity contribution is 8.02. The summed E-state index contributed by atoms with van der Waals surface area (Å²) in [4.78, 5) is 6.06. The number of aliphatic imine (C=N–C) groups is 1. The van der Waals surface area contributed by atoms with Crippen LogP contribution in [0.5, 0.6) is 0 Å². The summed E-state index contributed by atoms with van der Waals surface area (Å²) in [7, 11) is -16.0. The molecule has 13 nitrogen and oxygen atoms in total. The SMILES string of the molecule is CCCCCN1C(S(=O)(=O)O)N(c2ccccn2)C(S(=O)(=O)O)=NC1(CCCCC)S(=O)(=O)O. The van der Waals surface area contributed by atoms with Gasteiger partial charge in [-0.2, -0.15) is 25.3 Å². The van der Waals surface area contributed by atoms with Crippen LogP contribution >= 0.6 is 0 Å². The van der Waals surface area contributed by atoms with E-state index in [1.807, 2.05) is 13.8 Å². The second-order valence-corrected chi connectivity index (χ2v) is 12.2. The van der Waals surface area contributed by atoms with Gasteiger partial charge < -0.3 is 0 Å². The number of rotatable bonds is 11. The van der Waals surface area contributed by atoms with Gasteiger partial charge in [-0.15, -0.1) is 0 Å². The summed E-state index contributed by atoms with van der Waals surface area (Å²) in [6, 6.07) is 4.03. The van der Waals surface area contributed by atoms with Crippen LogP contribution in [0.2, 0.25) is 0 Å². The summed E-state index contributed by atoms with van der Waals surface area (Å²) in [6.45, 7) is 3.37. The fraction of sp³-hybridized carbons (Fsp3) is 0.667. The highest BCUT2D eigenvalue weighted by atomic mass is 32.2. The van der Waals surface area contributed by atoms with E-state index in [9.17, 15) is 38.9 Å². The topological polar surface area (TPSA) is 195 Å². The van der Waals surface area contributed by atoms with Gasteiger partial charge in [-0.3, -0.25) is 18.6 Å². The molecule has 0 bridgehead atoms. The van der Waals surface area contributed by atoms with E-state index in [2.05, 4.69) is 9.98 Å². The van der Waals surface area contributed by atoms with Gasteiger partial charge in [0.05, 0.1) is 0 Å². The zero-order valence-corrected chi connectivity index (χ0v) is 21.3. The van der Waals surface area contributed by atoms with E-state index in [0.29, 0.717) is 30.6 Å². The van der Waals surface area contributed by atoms with Gasteiger partial charge in [-0.25, -0.2) is 14.9 Å². The van der Waals surface area contributed by atoms with Crippen molar-refractivity contribution in [3.05, 3.63) is 24.4 Å². The molecule has 0 aliphatic carbocycles. The number of amidine groups is 1. The summed E-state index contributed by atoms with van der Waals surface area (Å²) >= 11 is 0. The molecule has 1 aromatic heterocycles. The lowest BCUT2D eigenvalue weighted by Crippen LogP contribution is -2.70. The first-order chi connectivity index (χ1) is 15.7. The summed E-state index contributed by atoms with van der Waals surface area (Å²) in [5.74, 6) is -0.348. The molecule has 34 heavy (non-hydrogen) atoms. The predicted octanol–water partition coefficient (Wildman–Crippen LogP) is 1.93. The molecule has 0 amide bonds. The first-order valence-electron chi connectivity index (χ1n) is 10.7. The lowest BCUT2D eigenvalue weighted by Gasteiger charge is -2.49. The number of anilines is 1. The summed E-state index contributed by atoms with van der Waals surface area (Å²) in [6.07, 6.45) is 3.33. The molecule has 1 aliphatic rings. The standard InChI is InChI=1S/C18H30N4O9S3/c1-3-5-8-12-18(34(29,30)31)20-16(32(23,24)25)22(15-11-7-9-13-19-15)17(33(26,27)28)21(18)14-10-6-4-2/h7,9,11,13,17H,3-6,8,10,12,14H2,1-2H3,(H,23,24,25)(H,26,27,28)(H,29,30,31). The molecule has 2 heterocycles. The fourth-order valence-corrected chi connectivity index (χ4v) is 6.88. The molecule has 0 aromatic carbocycles. The average molecular weight is 543 g/mol. The van der Waals surface area contributed by atoms with Crippen molar-refractivity contribution in [1.82, 2.24) is 9.88 Å². The van der Waals surface area contributed by atoms with Crippen molar-refractivity contribution in [2.24, 2.45) is 4.99 Å². The van der Waals surface area contributed by atoms with Crippen LogP contribution in [0.1, 0.15) is 58.8 Å². The number of hydrogen-bond donors (Lipinski definition) is 3. The van der Waals surface area contributed by atoms with Gasteiger partial charge in [-0.05, 0) is 25.0 Å². The molecule has 16 heteroatoms. The summed E-state index contributed by atoms with van der Waals surface area (Å²) in [5.41, 5.74) is -2.38. The number of aromatic nitrogens is 1. The molecule has 0 saturated heterocycles. The third-order valence-electron chi connectivity index (χ3n) is 5.33. The van der Waals surface area contributed by atoms with Crippen LogP contribution in [0.15, 0.2) is 29.4 Å². The molecule has 1 aromatic rings. The quantitative estimate of drug-likeness (QED) is 0.272. The maximum absolute atomic E-state index is 12.8. The van der Waals surface area contributed by atoms with Crippen molar-refractivity contribution in [2.75, 3.05) is 11.4 Å². The van der Waals surface area contributed by atoms with Crippen LogP contribution in [0.25, 0.3) is 0 Å². The lowest BCUT2D eigenvalue weighted by atomic mass is 10.1. The summed E-state index contributed by atoms with van der Waals surface area (Å²) < 4.78 is 106. The third kappa shape index (κ3) is 6.10. The maximum Gasteiger partial charge on any atom is 0.328 e. The van der Waals surface area contributed by atoms with E-state index in [1.54, 1.807) is 0 Å². The largest absolute Gasteiger partial charge is 0.328 e. The van der Waals surface area contributed by atoms with E-state index in [0.717, 1.165) is 4.90 Å². The van der Waals surface area contributed by atoms with Crippen molar-refractivity contribution < 1.29 is 38.9 Å². The van der Waals surface area contributed by atoms with Crippen molar-refractivity contribution in [1.29, 1.82) is 0 Å². The minimum atomic E-state index is -5.37. The van der Waals surface area contributed by atoms with Crippen LogP contribution in [0.4, 0.5) is 5.82 Å². The minimum Gasteiger partial charge on any atom is -0.283 e. The normalized spacial score (nSPS) is 22.6.